The molecule has 2 N–H and O–H groups in total. The number of ether oxygens (including phenoxy) is 1. The van der Waals surface area contributed by atoms with Crippen molar-refractivity contribution in [2.24, 2.45) is 11.1 Å². The van der Waals surface area contributed by atoms with Gasteiger partial charge in [0.15, 0.2) is 0 Å². The Labute approximate surface area is 124 Å². The van der Waals surface area contributed by atoms with E-state index in [1.165, 1.54) is 5.56 Å². The van der Waals surface area contributed by atoms with E-state index in [1.807, 2.05) is 13.0 Å². The van der Waals surface area contributed by atoms with E-state index in [9.17, 15) is 0 Å². The molecule has 20 heavy (non-hydrogen) atoms. The molecule has 3 heteroatoms. The van der Waals surface area contributed by atoms with Crippen LogP contribution < -0.4 is 10.5 Å². The van der Waals surface area contributed by atoms with Gasteiger partial charge in [-0.15, -0.1) is 0 Å². The van der Waals surface area contributed by atoms with Gasteiger partial charge in [0.05, 0.1) is 6.61 Å². The molecule has 0 bridgehead atoms. The summed E-state index contributed by atoms with van der Waals surface area (Å²) in [5.41, 5.74) is 7.28. The van der Waals surface area contributed by atoms with Crippen LogP contribution in [0.2, 0.25) is 0 Å². The van der Waals surface area contributed by atoms with Gasteiger partial charge >= 0.3 is 0 Å². The fourth-order valence-electron chi connectivity index (χ4n) is 2.37. The minimum atomic E-state index is 0.149. The van der Waals surface area contributed by atoms with E-state index >= 15 is 0 Å². The van der Waals surface area contributed by atoms with Gasteiger partial charge < -0.3 is 10.5 Å². The molecule has 114 valence electrons. The molecule has 0 aliphatic heterocycles. The summed E-state index contributed by atoms with van der Waals surface area (Å²) in [5, 5.41) is 0. The van der Waals surface area contributed by atoms with Crippen LogP contribution in [-0.4, -0.2) is 31.1 Å². The maximum atomic E-state index is 5.87. The second kappa shape index (κ2) is 8.28. The summed E-state index contributed by atoms with van der Waals surface area (Å²) in [7, 11) is 0. The quantitative estimate of drug-likeness (QED) is 0.753. The zero-order valence-electron chi connectivity index (χ0n) is 13.5. The molecule has 0 heterocycles. The summed E-state index contributed by atoms with van der Waals surface area (Å²) in [4.78, 5) is 2.48. The Morgan fingerprint density at radius 1 is 1.20 bits per heavy atom. The van der Waals surface area contributed by atoms with Crippen molar-refractivity contribution in [2.45, 2.75) is 40.7 Å². The summed E-state index contributed by atoms with van der Waals surface area (Å²) >= 11 is 0. The van der Waals surface area contributed by atoms with Crippen molar-refractivity contribution in [1.82, 2.24) is 4.90 Å². The van der Waals surface area contributed by atoms with Crippen LogP contribution in [0.25, 0.3) is 0 Å². The van der Waals surface area contributed by atoms with Crippen LogP contribution in [0.1, 0.15) is 39.7 Å². The first-order chi connectivity index (χ1) is 9.52. The Balaban J connectivity index is 2.79. The van der Waals surface area contributed by atoms with Gasteiger partial charge in [-0.1, -0.05) is 39.0 Å². The van der Waals surface area contributed by atoms with Crippen LogP contribution in [0.15, 0.2) is 24.3 Å². The maximum Gasteiger partial charge on any atom is 0.123 e. The van der Waals surface area contributed by atoms with Gasteiger partial charge in [-0.2, -0.15) is 0 Å². The van der Waals surface area contributed by atoms with Gasteiger partial charge in [0.25, 0.3) is 0 Å². The number of nitrogens with two attached hydrogens (primary N) is 1. The summed E-state index contributed by atoms with van der Waals surface area (Å²) in [6.45, 7) is 13.1. The minimum absolute atomic E-state index is 0.149. The van der Waals surface area contributed by atoms with Crippen LogP contribution in [0.4, 0.5) is 0 Å². The molecule has 1 rings (SSSR count). The molecule has 0 saturated heterocycles. The first kappa shape index (κ1) is 17.0. The van der Waals surface area contributed by atoms with Crippen molar-refractivity contribution in [2.75, 3.05) is 26.2 Å². The number of nitrogens with zero attached hydrogens (tertiary/aromatic N) is 1. The Morgan fingerprint density at radius 2 is 1.90 bits per heavy atom. The van der Waals surface area contributed by atoms with E-state index in [0.717, 1.165) is 31.8 Å². The first-order valence-corrected chi connectivity index (χ1v) is 7.65. The number of para-hydroxylation sites is 1. The van der Waals surface area contributed by atoms with Crippen LogP contribution in [-0.2, 0) is 6.54 Å². The van der Waals surface area contributed by atoms with Crippen molar-refractivity contribution in [3.05, 3.63) is 29.8 Å². The summed E-state index contributed by atoms with van der Waals surface area (Å²) in [6.07, 6.45) is 1.15. The predicted octanol–water partition coefficient (Wildman–Crippen LogP) is 3.28. The van der Waals surface area contributed by atoms with E-state index < -0.39 is 0 Å². The average molecular weight is 278 g/mol. The number of hydrogen-bond donors (Lipinski definition) is 1. The second-order valence-corrected chi connectivity index (χ2v) is 6.12. The van der Waals surface area contributed by atoms with Crippen LogP contribution in [0.5, 0.6) is 5.75 Å². The highest BCUT2D eigenvalue weighted by Gasteiger charge is 2.20. The second-order valence-electron chi connectivity index (χ2n) is 6.12. The molecule has 0 radical (unpaired) electrons. The molecule has 0 aliphatic rings. The Morgan fingerprint density at radius 3 is 2.50 bits per heavy atom. The molecule has 1 aromatic carbocycles. The van der Waals surface area contributed by atoms with Crippen molar-refractivity contribution in [3.63, 3.8) is 0 Å². The Bertz CT molecular complexity index is 390. The molecule has 0 saturated carbocycles. The highest BCUT2D eigenvalue weighted by molar-refractivity contribution is 5.33. The first-order valence-electron chi connectivity index (χ1n) is 7.65. The maximum absolute atomic E-state index is 5.87. The number of hydrogen-bond acceptors (Lipinski definition) is 3. The Kier molecular flexibility index (Phi) is 7.03. The molecular formula is C17H30N2O. The van der Waals surface area contributed by atoms with Crippen LogP contribution in [0, 0.1) is 5.41 Å². The van der Waals surface area contributed by atoms with Crippen molar-refractivity contribution < 1.29 is 4.74 Å². The number of benzene rings is 1. The fraction of sp³-hybridized carbons (Fsp3) is 0.647. The molecular weight excluding hydrogens is 248 g/mol. The van der Waals surface area contributed by atoms with Crippen molar-refractivity contribution in [1.29, 1.82) is 0 Å². The molecule has 3 nitrogen and oxygen atoms in total. The molecule has 0 unspecified atom stereocenters. The normalized spacial score (nSPS) is 11.9. The van der Waals surface area contributed by atoms with Gasteiger partial charge in [0.2, 0.25) is 0 Å². The lowest BCUT2D eigenvalue weighted by Crippen LogP contribution is -2.38. The summed E-state index contributed by atoms with van der Waals surface area (Å²) in [6, 6.07) is 8.32. The molecule has 1 aromatic rings. The molecule has 0 atom stereocenters. The van der Waals surface area contributed by atoms with E-state index in [4.69, 9.17) is 10.5 Å². The van der Waals surface area contributed by atoms with Gasteiger partial charge in [0.1, 0.15) is 5.75 Å². The standard InChI is InChI=1S/C17H30N2O/c1-5-11-19(14-17(3,4)13-18)12-15-9-7-8-10-16(15)20-6-2/h7-10H,5-6,11-14,18H2,1-4H3. The Hall–Kier alpha value is -1.06. The van der Waals surface area contributed by atoms with Crippen molar-refractivity contribution >= 4 is 0 Å². The fourth-order valence-corrected chi connectivity index (χ4v) is 2.37. The minimum Gasteiger partial charge on any atom is -0.494 e. The highest BCUT2D eigenvalue weighted by Crippen LogP contribution is 2.22. The molecule has 0 aliphatic carbocycles. The lowest BCUT2D eigenvalue weighted by molar-refractivity contribution is 0.173. The van der Waals surface area contributed by atoms with E-state index in [2.05, 4.69) is 43.9 Å². The van der Waals surface area contributed by atoms with Crippen molar-refractivity contribution in [3.8, 4) is 5.75 Å². The molecule has 0 amide bonds. The van der Waals surface area contributed by atoms with Gasteiger partial charge in [-0.05, 0) is 37.9 Å². The molecule has 0 spiro atoms. The van der Waals surface area contributed by atoms with Crippen LogP contribution in [0.3, 0.4) is 0 Å². The topological polar surface area (TPSA) is 38.5 Å². The monoisotopic (exact) mass is 278 g/mol. The van der Waals surface area contributed by atoms with Gasteiger partial charge in [0, 0.05) is 18.7 Å². The van der Waals surface area contributed by atoms with Gasteiger partial charge in [-0.3, -0.25) is 4.90 Å². The molecule has 0 aromatic heterocycles. The largest absolute Gasteiger partial charge is 0.494 e. The predicted molar refractivity (Wildman–Crippen MR) is 86.0 cm³/mol. The third-order valence-electron chi connectivity index (χ3n) is 3.41. The number of rotatable bonds is 9. The lowest BCUT2D eigenvalue weighted by atomic mass is 9.93. The SMILES string of the molecule is CCCN(Cc1ccccc1OCC)CC(C)(C)CN. The average Bonchev–Trinajstić information content (AvgIpc) is 2.41. The lowest BCUT2D eigenvalue weighted by Gasteiger charge is -2.32. The third-order valence-corrected chi connectivity index (χ3v) is 3.41. The van der Waals surface area contributed by atoms with E-state index in [-0.39, 0.29) is 5.41 Å². The van der Waals surface area contributed by atoms with Crippen LogP contribution >= 0.6 is 0 Å². The zero-order valence-corrected chi connectivity index (χ0v) is 13.5. The summed E-state index contributed by atoms with van der Waals surface area (Å²) in [5.74, 6) is 1.00. The third kappa shape index (κ3) is 5.51. The summed E-state index contributed by atoms with van der Waals surface area (Å²) < 4.78 is 5.72. The molecule has 0 fully saturated rings. The van der Waals surface area contributed by atoms with Gasteiger partial charge in [-0.25, -0.2) is 0 Å². The van der Waals surface area contributed by atoms with E-state index in [0.29, 0.717) is 13.2 Å². The zero-order chi connectivity index (χ0) is 15.0. The van der Waals surface area contributed by atoms with E-state index in [1.54, 1.807) is 0 Å². The highest BCUT2D eigenvalue weighted by atomic mass is 16.5. The smallest absolute Gasteiger partial charge is 0.123 e.